The van der Waals surface area contributed by atoms with E-state index in [0.717, 1.165) is 10.9 Å². The van der Waals surface area contributed by atoms with Gasteiger partial charge in [0, 0.05) is 36.6 Å². The van der Waals surface area contributed by atoms with Gasteiger partial charge in [-0.25, -0.2) is 14.6 Å². The van der Waals surface area contributed by atoms with Gasteiger partial charge >= 0.3 is 17.8 Å². The normalized spacial score (nSPS) is 18.9. The first-order valence-corrected chi connectivity index (χ1v) is 11.5. The Morgan fingerprint density at radius 1 is 1.03 bits per heavy atom. The molecule has 0 spiro atoms. The van der Waals surface area contributed by atoms with Crippen molar-refractivity contribution >= 4 is 17.0 Å². The largest absolute Gasteiger partial charge is 0.442 e. The Balaban J connectivity index is 1.48. The molecule has 0 unspecified atom stereocenters. The van der Waals surface area contributed by atoms with Crippen LogP contribution in [0.3, 0.4) is 0 Å². The average Bonchev–Trinajstić information content (AvgIpc) is 3.47. The minimum absolute atomic E-state index is 0.0531. The van der Waals surface area contributed by atoms with Crippen LogP contribution in [0.25, 0.3) is 11.2 Å². The number of nitrogens with zero attached hydrogens (tertiary/aromatic N) is 9. The highest BCUT2D eigenvalue weighted by Crippen LogP contribution is 2.53. The zero-order valence-corrected chi connectivity index (χ0v) is 19.4. The molecule has 6 rings (SSSR count). The number of fused-ring (bicyclic) bond motifs is 1. The van der Waals surface area contributed by atoms with E-state index in [1.165, 1.54) is 36.5 Å². The molecule has 1 fully saturated rings. The van der Waals surface area contributed by atoms with Crippen molar-refractivity contribution in [3.63, 3.8) is 0 Å². The topological polar surface area (TPSA) is 118 Å². The minimum atomic E-state index is -4.79. The Kier molecular flexibility index (Phi) is 5.38. The quantitative estimate of drug-likeness (QED) is 0.378. The number of hydrogen-bond acceptors (Lipinski definition) is 9. The van der Waals surface area contributed by atoms with E-state index in [0.29, 0.717) is 13.0 Å². The van der Waals surface area contributed by atoms with Crippen molar-refractivity contribution in [1.29, 1.82) is 0 Å². The average molecular weight is 531 g/mol. The molecule has 0 saturated carbocycles. The highest BCUT2D eigenvalue weighted by Gasteiger charge is 2.66. The first-order valence-electron chi connectivity index (χ1n) is 11.5. The molecular weight excluding hydrogens is 513 g/mol. The summed E-state index contributed by atoms with van der Waals surface area (Å²) in [4.78, 5) is 13.6. The van der Waals surface area contributed by atoms with Crippen LogP contribution in [0.5, 0.6) is 0 Å². The first-order chi connectivity index (χ1) is 18.1. The number of benzene rings is 1. The lowest BCUT2D eigenvalue weighted by Gasteiger charge is -2.21. The maximum atomic E-state index is 15.6. The number of halogens is 5. The van der Waals surface area contributed by atoms with E-state index in [-0.39, 0.29) is 46.8 Å². The van der Waals surface area contributed by atoms with Gasteiger partial charge in [-0.3, -0.25) is 4.98 Å². The molecule has 0 radical (unpaired) electrons. The van der Waals surface area contributed by atoms with Crippen LogP contribution < -0.4 is 4.90 Å². The van der Waals surface area contributed by atoms with Crippen molar-refractivity contribution in [3.05, 3.63) is 71.3 Å². The molecule has 1 atom stereocenters. The van der Waals surface area contributed by atoms with E-state index in [1.54, 1.807) is 11.0 Å². The van der Waals surface area contributed by atoms with Crippen LogP contribution in [0.1, 0.15) is 28.9 Å². The molecule has 10 nitrogen and oxygen atoms in total. The molecule has 4 aromatic rings. The fourth-order valence-electron chi connectivity index (χ4n) is 4.48. The lowest BCUT2D eigenvalue weighted by Crippen LogP contribution is -2.31. The smallest absolute Gasteiger partial charge is 0.391 e. The predicted octanol–water partition coefficient (Wildman–Crippen LogP) is 3.56. The van der Waals surface area contributed by atoms with Gasteiger partial charge in [0.15, 0.2) is 17.0 Å². The van der Waals surface area contributed by atoms with E-state index in [1.807, 2.05) is 0 Å². The molecule has 0 bridgehead atoms. The highest BCUT2D eigenvalue weighted by molar-refractivity contribution is 5.83. The Bertz CT molecular complexity index is 1530. The summed E-state index contributed by atoms with van der Waals surface area (Å²) in [5, 5.41) is 24.6. The summed E-state index contributed by atoms with van der Waals surface area (Å²) in [5.41, 5.74) is -3.29. The fraction of sp³-hybridized carbons (Fsp3) is 0.348. The number of hydrogen-bond donors (Lipinski definition) is 1. The van der Waals surface area contributed by atoms with Gasteiger partial charge in [0.1, 0.15) is 0 Å². The maximum absolute atomic E-state index is 15.6. The summed E-state index contributed by atoms with van der Waals surface area (Å²) in [6, 6.07) is 8.34. The number of rotatable bonds is 6. The second-order valence-electron chi connectivity index (χ2n) is 9.02. The van der Waals surface area contributed by atoms with Gasteiger partial charge in [0.05, 0.1) is 12.6 Å². The number of aliphatic hydroxyl groups excluding tert-OH is 1. The summed E-state index contributed by atoms with van der Waals surface area (Å²) in [7, 11) is 0. The number of aliphatic hydroxyl groups is 1. The number of anilines is 1. The van der Waals surface area contributed by atoms with Crippen LogP contribution in [0.15, 0.2) is 59.0 Å². The number of alkyl halides is 5. The van der Waals surface area contributed by atoms with Gasteiger partial charge in [-0.05, 0) is 18.1 Å². The highest BCUT2D eigenvalue weighted by atomic mass is 19.4. The predicted molar refractivity (Wildman–Crippen MR) is 121 cm³/mol. The van der Waals surface area contributed by atoms with Crippen molar-refractivity contribution in [3.8, 4) is 0 Å². The van der Waals surface area contributed by atoms with E-state index in [2.05, 4.69) is 35.5 Å². The lowest BCUT2D eigenvalue weighted by atomic mass is 9.99. The molecule has 196 valence electrons. The van der Waals surface area contributed by atoms with Crippen LogP contribution in [0, 0.1) is 0 Å². The number of pyridine rings is 1. The molecule has 0 aliphatic carbocycles. The Hall–Kier alpha value is -4.14. The molecule has 2 aliphatic heterocycles. The molecule has 15 heteroatoms. The summed E-state index contributed by atoms with van der Waals surface area (Å²) in [6.45, 7) is 0.176. The molecule has 38 heavy (non-hydrogen) atoms. The van der Waals surface area contributed by atoms with Gasteiger partial charge in [0.2, 0.25) is 5.82 Å². The molecule has 1 N–H and O–H groups in total. The third-order valence-corrected chi connectivity index (χ3v) is 6.53. The van der Waals surface area contributed by atoms with Crippen molar-refractivity contribution in [1.82, 2.24) is 29.9 Å². The number of β-amino-alcohol motifs (C(OH)–C–C–N with tert-alkyl or cyclic N) is 1. The van der Waals surface area contributed by atoms with Crippen LogP contribution in [-0.2, 0) is 18.1 Å². The lowest BCUT2D eigenvalue weighted by molar-refractivity contribution is -0.166. The molecule has 1 saturated heterocycles. The Labute approximate surface area is 210 Å². The third-order valence-electron chi connectivity index (χ3n) is 6.53. The summed E-state index contributed by atoms with van der Waals surface area (Å²) in [6.07, 6.45) is -2.76. The van der Waals surface area contributed by atoms with Crippen molar-refractivity contribution in [2.24, 2.45) is 10.2 Å². The minimum Gasteiger partial charge on any atom is -0.391 e. The first kappa shape index (κ1) is 24.2. The van der Waals surface area contributed by atoms with Crippen LogP contribution in [-0.4, -0.2) is 60.4 Å². The van der Waals surface area contributed by atoms with E-state index in [4.69, 9.17) is 0 Å². The zero-order chi connectivity index (χ0) is 26.7. The van der Waals surface area contributed by atoms with Crippen LogP contribution in [0.2, 0.25) is 0 Å². The van der Waals surface area contributed by atoms with Crippen molar-refractivity contribution in [2.75, 3.05) is 18.0 Å². The Morgan fingerprint density at radius 2 is 1.79 bits per heavy atom. The second-order valence-corrected chi connectivity index (χ2v) is 9.02. The van der Waals surface area contributed by atoms with Gasteiger partial charge in [-0.1, -0.05) is 35.5 Å². The second kappa shape index (κ2) is 8.44. The standard InChI is InChI=1S/C23H18F5N9O/c24-21(25,14-4-2-1-3-5-14)20-30-18(36-9-7-15(38)12-36)17-19(31-20)37(35-32-17)11-13-6-8-29-10-16(13)22(33-34-22)23(26,27)28/h1-6,8,10,15,38H,7,9,11-12H2/t15-/m0/s1. The molecule has 3 aromatic heterocycles. The van der Waals surface area contributed by atoms with Gasteiger partial charge < -0.3 is 10.0 Å². The zero-order valence-electron chi connectivity index (χ0n) is 19.4. The Morgan fingerprint density at radius 3 is 2.45 bits per heavy atom. The van der Waals surface area contributed by atoms with Crippen molar-refractivity contribution < 1.29 is 27.1 Å². The SMILES string of the molecule is O[C@H]1CCN(c2nc(C(F)(F)c3ccccc3)nc3c2nnn3Cc2ccncc2C2(C(F)(F)F)N=N2)C1. The maximum Gasteiger partial charge on any atom is 0.442 e. The van der Waals surface area contributed by atoms with Crippen LogP contribution >= 0.6 is 0 Å². The summed E-state index contributed by atoms with van der Waals surface area (Å²) >= 11 is 0. The van der Waals surface area contributed by atoms with Crippen LogP contribution in [0.4, 0.5) is 27.8 Å². The third kappa shape index (κ3) is 3.84. The van der Waals surface area contributed by atoms with Gasteiger partial charge in [0.25, 0.3) is 0 Å². The monoisotopic (exact) mass is 531 g/mol. The van der Waals surface area contributed by atoms with Crippen molar-refractivity contribution in [2.45, 2.75) is 36.8 Å². The van der Waals surface area contributed by atoms with E-state index < -0.39 is 29.7 Å². The summed E-state index contributed by atoms with van der Waals surface area (Å²) in [5.74, 6) is -4.38. The molecule has 1 aromatic carbocycles. The number of aromatic nitrogens is 6. The summed E-state index contributed by atoms with van der Waals surface area (Å²) < 4.78 is 73.4. The van der Waals surface area contributed by atoms with Gasteiger partial charge in [-0.15, -0.1) is 15.3 Å². The van der Waals surface area contributed by atoms with E-state index in [9.17, 15) is 18.3 Å². The van der Waals surface area contributed by atoms with E-state index >= 15 is 8.78 Å². The molecule has 5 heterocycles. The molecule has 0 amide bonds. The molecular formula is C23H18F5N9O. The fourth-order valence-corrected chi connectivity index (χ4v) is 4.48. The van der Waals surface area contributed by atoms with Gasteiger partial charge in [-0.2, -0.15) is 22.0 Å². The molecule has 2 aliphatic rings.